The number of nitrogens with one attached hydrogen (secondary N) is 1. The highest BCUT2D eigenvalue weighted by Crippen LogP contribution is 2.44. The van der Waals surface area contributed by atoms with Crippen LogP contribution in [0.4, 0.5) is 23.8 Å². The standard InChI is InChI=1S/C30H34ClF3N6O6Si/c1-42-27-24(37-39-35)26-22(16-44-28(46-26)17-8-6-5-7-9-17)45-25(27)21-15-23(36-29(41)43-12-13-47(2,3)4)38-40(21)20-14-18(31)10-11-19(20)30(32,33)34/h5-11,14-15,22,24-28H,12-13,16H2,1-4H3,(H,36,38,41)/t22-,24+,25+,26+,27-,28?/m1/s1. The van der Waals surface area contributed by atoms with Crippen molar-refractivity contribution in [3.63, 3.8) is 0 Å². The van der Waals surface area contributed by atoms with Crippen molar-refractivity contribution >= 4 is 31.6 Å². The van der Waals surface area contributed by atoms with Crippen molar-refractivity contribution < 1.29 is 41.7 Å². The van der Waals surface area contributed by atoms with Gasteiger partial charge < -0.3 is 23.7 Å². The third-order valence-corrected chi connectivity index (χ3v) is 9.66. The molecule has 0 spiro atoms. The molecule has 2 aliphatic heterocycles. The van der Waals surface area contributed by atoms with E-state index in [0.717, 1.165) is 28.4 Å². The lowest BCUT2D eigenvalue weighted by Gasteiger charge is -2.48. The summed E-state index contributed by atoms with van der Waals surface area (Å²) >= 11 is 6.18. The summed E-state index contributed by atoms with van der Waals surface area (Å²) in [6.45, 7) is 6.54. The molecule has 0 aliphatic carbocycles. The number of hydrogen-bond acceptors (Lipinski definition) is 8. The van der Waals surface area contributed by atoms with E-state index in [1.807, 2.05) is 30.3 Å². The summed E-state index contributed by atoms with van der Waals surface area (Å²) in [4.78, 5) is 15.7. The second-order valence-corrected chi connectivity index (χ2v) is 18.3. The fourth-order valence-corrected chi connectivity index (χ4v) is 6.32. The van der Waals surface area contributed by atoms with Gasteiger partial charge in [0.25, 0.3) is 0 Å². The number of halogens is 4. The van der Waals surface area contributed by atoms with Gasteiger partial charge in [-0.05, 0) is 29.8 Å². The molecule has 17 heteroatoms. The number of rotatable bonds is 9. The monoisotopic (exact) mass is 694 g/mol. The number of fused-ring (bicyclic) bond motifs is 1. The summed E-state index contributed by atoms with van der Waals surface area (Å²) in [7, 11) is -0.157. The van der Waals surface area contributed by atoms with Gasteiger partial charge in [0, 0.05) is 36.7 Å². The number of amides is 1. The smallest absolute Gasteiger partial charge is 0.418 e. The average molecular weight is 695 g/mol. The Hall–Kier alpha value is -3.63. The molecular weight excluding hydrogens is 661 g/mol. The van der Waals surface area contributed by atoms with Gasteiger partial charge in [-0.25, -0.2) is 9.48 Å². The molecule has 2 fully saturated rings. The van der Waals surface area contributed by atoms with Gasteiger partial charge >= 0.3 is 12.3 Å². The van der Waals surface area contributed by atoms with Crippen LogP contribution in [0.25, 0.3) is 16.1 Å². The Labute approximate surface area is 274 Å². The first-order valence-corrected chi connectivity index (χ1v) is 18.8. The maximum absolute atomic E-state index is 14.3. The van der Waals surface area contributed by atoms with Crippen LogP contribution in [0.1, 0.15) is 29.2 Å². The molecule has 2 aliphatic rings. The van der Waals surface area contributed by atoms with Gasteiger partial charge in [-0.2, -0.15) is 13.2 Å². The molecule has 0 saturated carbocycles. The van der Waals surface area contributed by atoms with Crippen LogP contribution < -0.4 is 5.32 Å². The maximum Gasteiger partial charge on any atom is 0.418 e. The summed E-state index contributed by atoms with van der Waals surface area (Å²) in [5.74, 6) is -0.118. The zero-order valence-electron chi connectivity index (χ0n) is 26.0. The van der Waals surface area contributed by atoms with Gasteiger partial charge in [0.1, 0.15) is 24.4 Å². The van der Waals surface area contributed by atoms with Gasteiger partial charge in [-0.3, -0.25) is 5.32 Å². The van der Waals surface area contributed by atoms with Crippen molar-refractivity contribution in [3.8, 4) is 5.69 Å². The number of anilines is 1. The Kier molecular flexibility index (Phi) is 10.5. The van der Waals surface area contributed by atoms with Gasteiger partial charge in [-0.15, -0.1) is 5.10 Å². The largest absolute Gasteiger partial charge is 0.450 e. The lowest BCUT2D eigenvalue weighted by Crippen LogP contribution is -2.59. The number of benzene rings is 2. The molecule has 1 amide bonds. The van der Waals surface area contributed by atoms with Crippen LogP contribution in [0, 0.1) is 0 Å². The number of carbonyl (C=O) groups excluding carboxylic acids is 1. The van der Waals surface area contributed by atoms with E-state index in [-0.39, 0.29) is 29.7 Å². The summed E-state index contributed by atoms with van der Waals surface area (Å²) in [6, 6.07) is 13.2. The zero-order chi connectivity index (χ0) is 33.9. The van der Waals surface area contributed by atoms with Crippen molar-refractivity contribution in [1.82, 2.24) is 9.78 Å². The number of hydrogen-bond donors (Lipinski definition) is 1. The predicted molar refractivity (Wildman–Crippen MR) is 168 cm³/mol. The summed E-state index contributed by atoms with van der Waals surface area (Å²) in [5, 5.41) is 10.8. The van der Waals surface area contributed by atoms with E-state index >= 15 is 0 Å². The second-order valence-electron chi connectivity index (χ2n) is 12.3. The molecule has 12 nitrogen and oxygen atoms in total. The fraction of sp³-hybridized carbons (Fsp3) is 0.467. The third kappa shape index (κ3) is 8.09. The zero-order valence-corrected chi connectivity index (χ0v) is 27.7. The fourth-order valence-electron chi connectivity index (χ4n) is 5.44. The van der Waals surface area contributed by atoms with Gasteiger partial charge in [0.05, 0.1) is 36.2 Å². The van der Waals surface area contributed by atoms with Crippen molar-refractivity contribution in [1.29, 1.82) is 0 Å². The summed E-state index contributed by atoms with van der Waals surface area (Å²) < 4.78 is 73.5. The van der Waals surface area contributed by atoms with Crippen LogP contribution in [0.5, 0.6) is 0 Å². The molecule has 0 bridgehead atoms. The van der Waals surface area contributed by atoms with E-state index in [1.54, 1.807) is 0 Å². The maximum atomic E-state index is 14.3. The Balaban J connectivity index is 1.54. The van der Waals surface area contributed by atoms with E-state index in [9.17, 15) is 23.5 Å². The molecule has 3 aromatic rings. The van der Waals surface area contributed by atoms with E-state index in [2.05, 4.69) is 40.1 Å². The first kappa shape index (κ1) is 34.7. The van der Waals surface area contributed by atoms with Crippen LogP contribution in [0.3, 0.4) is 0 Å². The van der Waals surface area contributed by atoms with Crippen LogP contribution in [-0.2, 0) is 29.9 Å². The lowest BCUT2D eigenvalue weighted by atomic mass is 9.90. The molecule has 47 heavy (non-hydrogen) atoms. The van der Waals surface area contributed by atoms with Gasteiger partial charge in [0.2, 0.25) is 0 Å². The number of nitrogens with zero attached hydrogens (tertiary/aromatic N) is 5. The van der Waals surface area contributed by atoms with Gasteiger partial charge in [-0.1, -0.05) is 66.7 Å². The van der Waals surface area contributed by atoms with E-state index in [1.165, 1.54) is 13.2 Å². The van der Waals surface area contributed by atoms with Crippen LogP contribution in [0.15, 0.2) is 59.7 Å². The Morgan fingerprint density at radius 3 is 2.60 bits per heavy atom. The number of methoxy groups -OCH3 is 1. The van der Waals surface area contributed by atoms with Crippen LogP contribution in [-0.4, -0.2) is 68.6 Å². The number of alkyl halides is 3. The predicted octanol–water partition coefficient (Wildman–Crippen LogP) is 7.68. The molecule has 5 rings (SSSR count). The second kappa shape index (κ2) is 14.2. The molecular formula is C30H34ClF3N6O6Si. The number of azide groups is 1. The summed E-state index contributed by atoms with van der Waals surface area (Å²) in [6.07, 6.45) is -10.3. The van der Waals surface area contributed by atoms with E-state index < -0.39 is 68.3 Å². The number of ether oxygens (including phenoxy) is 5. The molecule has 1 N–H and O–H groups in total. The quantitative estimate of drug-likeness (QED) is 0.105. The topological polar surface area (TPSA) is 142 Å². The molecule has 2 saturated heterocycles. The van der Waals surface area contributed by atoms with Crippen molar-refractivity contribution in [3.05, 3.63) is 86.9 Å². The third-order valence-electron chi connectivity index (χ3n) is 7.72. The molecule has 1 aromatic heterocycles. The molecule has 3 heterocycles. The molecule has 252 valence electrons. The van der Waals surface area contributed by atoms with E-state index in [0.29, 0.717) is 6.04 Å². The van der Waals surface area contributed by atoms with E-state index in [4.69, 9.17) is 35.3 Å². The Bertz CT molecular complexity index is 1620. The minimum Gasteiger partial charge on any atom is -0.450 e. The summed E-state index contributed by atoms with van der Waals surface area (Å²) in [5.41, 5.74) is 8.84. The molecule has 1 unspecified atom stereocenters. The minimum atomic E-state index is -4.79. The average Bonchev–Trinajstić information content (AvgIpc) is 3.43. The van der Waals surface area contributed by atoms with Crippen molar-refractivity contribution in [2.24, 2.45) is 5.11 Å². The number of aromatic nitrogens is 2. The highest BCUT2D eigenvalue weighted by Gasteiger charge is 2.51. The van der Waals surface area contributed by atoms with Crippen LogP contribution in [0.2, 0.25) is 30.7 Å². The minimum absolute atomic E-state index is 0.00222. The molecule has 6 atom stereocenters. The molecule has 2 aromatic carbocycles. The first-order chi connectivity index (χ1) is 22.3. The van der Waals surface area contributed by atoms with Gasteiger partial charge in [0.15, 0.2) is 12.1 Å². The Morgan fingerprint density at radius 1 is 1.19 bits per heavy atom. The number of carbonyl (C=O) groups is 1. The highest BCUT2D eigenvalue weighted by molar-refractivity contribution is 6.76. The SMILES string of the molecule is CO[C@@H]1[C@@H](N=[N+]=[N-])[C@H]2OC(c3ccccc3)OC[C@H]2O[C@H]1c1cc(NC(=O)OCC[Si](C)(C)C)nn1-c1cc(Cl)ccc1C(F)(F)F. The first-order valence-electron chi connectivity index (χ1n) is 14.7. The molecule has 0 radical (unpaired) electrons. The van der Waals surface area contributed by atoms with Crippen LogP contribution >= 0.6 is 11.6 Å². The lowest BCUT2D eigenvalue weighted by molar-refractivity contribution is -0.310. The highest BCUT2D eigenvalue weighted by atomic mass is 35.5. The Morgan fingerprint density at radius 2 is 1.94 bits per heavy atom. The van der Waals surface area contributed by atoms with Crippen molar-refractivity contribution in [2.45, 2.75) is 68.6 Å². The normalized spacial score (nSPS) is 24.6. The van der Waals surface area contributed by atoms with Crippen molar-refractivity contribution in [2.75, 3.05) is 25.6 Å².